The zero-order valence-corrected chi connectivity index (χ0v) is 7.11. The number of hydrogen-bond acceptors (Lipinski definition) is 1. The van der Waals surface area contributed by atoms with E-state index in [9.17, 15) is 18.0 Å². The van der Waals surface area contributed by atoms with Crippen LogP contribution in [0.4, 0.5) is 13.2 Å². The van der Waals surface area contributed by atoms with Crippen molar-refractivity contribution in [2.75, 3.05) is 0 Å². The second kappa shape index (κ2) is 3.05. The third-order valence-corrected chi connectivity index (χ3v) is 2.06. The number of halogens is 3. The Labute approximate surface area is 73.6 Å². The first-order chi connectivity index (χ1) is 5.84. The first-order valence-electron chi connectivity index (χ1n) is 3.91. The van der Waals surface area contributed by atoms with E-state index in [2.05, 4.69) is 0 Å². The summed E-state index contributed by atoms with van der Waals surface area (Å²) in [6, 6.07) is 0. The topological polar surface area (TPSA) is 43.1 Å². The molecule has 0 saturated heterocycles. The maximum atomic E-state index is 12.4. The summed E-state index contributed by atoms with van der Waals surface area (Å²) >= 11 is 0. The second-order valence-electron chi connectivity index (χ2n) is 3.17. The zero-order chi connectivity index (χ0) is 10.2. The minimum atomic E-state index is -4.42. The molecule has 1 amide bonds. The molecule has 2 N–H and O–H groups in total. The molecule has 74 valence electrons. The summed E-state index contributed by atoms with van der Waals surface area (Å²) < 4.78 is 37.1. The largest absolute Gasteiger partial charge is 0.413 e. The van der Waals surface area contributed by atoms with E-state index in [0.29, 0.717) is 12.8 Å². The molecular formula is C8H10F3NO. The van der Waals surface area contributed by atoms with E-state index in [4.69, 9.17) is 5.73 Å². The molecule has 0 aromatic rings. The van der Waals surface area contributed by atoms with Gasteiger partial charge in [0, 0.05) is 11.1 Å². The lowest BCUT2D eigenvalue weighted by molar-refractivity contribution is -0.117. The Kier molecular flexibility index (Phi) is 2.36. The Morgan fingerprint density at radius 3 is 2.08 bits per heavy atom. The van der Waals surface area contributed by atoms with Crippen LogP contribution in [0.2, 0.25) is 0 Å². The smallest absolute Gasteiger partial charge is 0.366 e. The molecule has 0 heterocycles. The second-order valence-corrected chi connectivity index (χ2v) is 3.17. The van der Waals surface area contributed by atoms with Gasteiger partial charge in [0.15, 0.2) is 0 Å². The van der Waals surface area contributed by atoms with E-state index in [1.54, 1.807) is 0 Å². The molecule has 1 saturated carbocycles. The van der Waals surface area contributed by atoms with E-state index < -0.39 is 23.6 Å². The normalized spacial score (nSPS) is 19.7. The first kappa shape index (κ1) is 10.1. The van der Waals surface area contributed by atoms with Crippen LogP contribution in [0.3, 0.4) is 0 Å². The molecule has 1 aliphatic carbocycles. The summed E-state index contributed by atoms with van der Waals surface area (Å²) in [5.41, 5.74) is 3.71. The summed E-state index contributed by atoms with van der Waals surface area (Å²) in [5, 5.41) is 0. The molecule has 1 fully saturated rings. The number of rotatable bonds is 2. The van der Waals surface area contributed by atoms with Gasteiger partial charge in [0.05, 0.1) is 0 Å². The van der Waals surface area contributed by atoms with Crippen LogP contribution in [0.25, 0.3) is 0 Å². The molecule has 2 nitrogen and oxygen atoms in total. The average molecular weight is 193 g/mol. The van der Waals surface area contributed by atoms with Crippen molar-refractivity contribution in [3.05, 3.63) is 11.1 Å². The molecule has 0 aliphatic heterocycles. The highest BCUT2D eigenvalue weighted by Crippen LogP contribution is 2.46. The summed E-state index contributed by atoms with van der Waals surface area (Å²) in [6.07, 6.45) is -3.42. The standard InChI is InChI=1S/C8H10F3NO/c1-4(7(12)13)6(5-2-3-5)8(9,10)11/h5H,2-3H2,1H3,(H2,12,13). The van der Waals surface area contributed by atoms with Crippen molar-refractivity contribution in [2.45, 2.75) is 25.9 Å². The van der Waals surface area contributed by atoms with Gasteiger partial charge in [-0.25, -0.2) is 0 Å². The van der Waals surface area contributed by atoms with Crippen molar-refractivity contribution in [1.29, 1.82) is 0 Å². The molecule has 0 spiro atoms. The predicted octanol–water partition coefficient (Wildman–Crippen LogP) is 1.76. The van der Waals surface area contributed by atoms with Crippen LogP contribution in [-0.4, -0.2) is 12.1 Å². The molecule has 0 bridgehead atoms. The predicted molar refractivity (Wildman–Crippen MR) is 40.7 cm³/mol. The van der Waals surface area contributed by atoms with Crippen molar-refractivity contribution in [3.8, 4) is 0 Å². The van der Waals surface area contributed by atoms with E-state index in [1.165, 1.54) is 0 Å². The molecule has 0 aromatic carbocycles. The Balaban J connectivity index is 3.03. The minimum absolute atomic E-state index is 0.352. The Morgan fingerprint density at radius 1 is 1.38 bits per heavy atom. The van der Waals surface area contributed by atoms with Crippen LogP contribution < -0.4 is 5.73 Å². The van der Waals surface area contributed by atoms with Crippen LogP contribution >= 0.6 is 0 Å². The number of primary amides is 1. The number of hydrogen-bond donors (Lipinski definition) is 1. The number of carbonyl (C=O) groups is 1. The fraction of sp³-hybridized carbons (Fsp3) is 0.625. The summed E-state index contributed by atoms with van der Waals surface area (Å²) in [6.45, 7) is 1.13. The highest BCUT2D eigenvalue weighted by Gasteiger charge is 2.45. The van der Waals surface area contributed by atoms with Crippen molar-refractivity contribution in [2.24, 2.45) is 11.7 Å². The SMILES string of the molecule is CC(C(N)=O)=C(C1CC1)C(F)(F)F. The zero-order valence-electron chi connectivity index (χ0n) is 7.11. The maximum Gasteiger partial charge on any atom is 0.413 e. The third-order valence-electron chi connectivity index (χ3n) is 2.06. The van der Waals surface area contributed by atoms with Gasteiger partial charge in [0.1, 0.15) is 0 Å². The van der Waals surface area contributed by atoms with Gasteiger partial charge < -0.3 is 5.73 Å². The Hall–Kier alpha value is -1.00. The van der Waals surface area contributed by atoms with Crippen LogP contribution in [0.15, 0.2) is 11.1 Å². The van der Waals surface area contributed by atoms with Gasteiger partial charge >= 0.3 is 6.18 Å². The molecule has 0 unspecified atom stereocenters. The van der Waals surface area contributed by atoms with Crippen molar-refractivity contribution in [3.63, 3.8) is 0 Å². The summed E-state index contributed by atoms with van der Waals surface area (Å²) in [4.78, 5) is 10.6. The molecule has 1 rings (SSSR count). The maximum absolute atomic E-state index is 12.4. The van der Waals surface area contributed by atoms with Gasteiger partial charge in [-0.3, -0.25) is 4.79 Å². The first-order valence-corrected chi connectivity index (χ1v) is 3.91. The van der Waals surface area contributed by atoms with E-state index in [-0.39, 0.29) is 5.57 Å². The molecule has 13 heavy (non-hydrogen) atoms. The number of amides is 1. The molecule has 0 aromatic heterocycles. The quantitative estimate of drug-likeness (QED) is 0.667. The monoisotopic (exact) mass is 193 g/mol. The summed E-state index contributed by atoms with van der Waals surface area (Å²) in [5.74, 6) is -1.49. The van der Waals surface area contributed by atoms with Gasteiger partial charge in [0.25, 0.3) is 0 Å². The van der Waals surface area contributed by atoms with Crippen LogP contribution in [0.5, 0.6) is 0 Å². The number of nitrogens with two attached hydrogens (primary N) is 1. The lowest BCUT2D eigenvalue weighted by Gasteiger charge is -2.12. The third kappa shape index (κ3) is 2.23. The highest BCUT2D eigenvalue weighted by atomic mass is 19.4. The minimum Gasteiger partial charge on any atom is -0.366 e. The molecular weight excluding hydrogens is 183 g/mol. The lowest BCUT2D eigenvalue weighted by atomic mass is 10.0. The van der Waals surface area contributed by atoms with E-state index in [1.807, 2.05) is 0 Å². The van der Waals surface area contributed by atoms with Gasteiger partial charge in [0.2, 0.25) is 5.91 Å². The van der Waals surface area contributed by atoms with Crippen LogP contribution in [0, 0.1) is 5.92 Å². The number of alkyl halides is 3. The number of allylic oxidation sites excluding steroid dienone is 1. The van der Waals surface area contributed by atoms with Crippen LogP contribution in [0.1, 0.15) is 19.8 Å². The van der Waals surface area contributed by atoms with Gasteiger partial charge in [-0.15, -0.1) is 0 Å². The lowest BCUT2D eigenvalue weighted by Crippen LogP contribution is -2.22. The van der Waals surface area contributed by atoms with Crippen molar-refractivity contribution >= 4 is 5.91 Å². The van der Waals surface area contributed by atoms with E-state index in [0.717, 1.165) is 6.92 Å². The van der Waals surface area contributed by atoms with Gasteiger partial charge in [-0.2, -0.15) is 13.2 Å². The van der Waals surface area contributed by atoms with Gasteiger partial charge in [-0.05, 0) is 25.7 Å². The van der Waals surface area contributed by atoms with E-state index >= 15 is 0 Å². The fourth-order valence-corrected chi connectivity index (χ4v) is 1.25. The average Bonchev–Trinajstić information content (AvgIpc) is 2.68. The molecule has 0 atom stereocenters. The van der Waals surface area contributed by atoms with Crippen LogP contribution in [-0.2, 0) is 4.79 Å². The highest BCUT2D eigenvalue weighted by molar-refractivity contribution is 5.92. The summed E-state index contributed by atoms with van der Waals surface area (Å²) in [7, 11) is 0. The van der Waals surface area contributed by atoms with Gasteiger partial charge in [-0.1, -0.05) is 0 Å². The Bertz CT molecular complexity index is 263. The molecule has 1 aliphatic rings. The van der Waals surface area contributed by atoms with Crippen molar-refractivity contribution < 1.29 is 18.0 Å². The number of carbonyl (C=O) groups excluding carboxylic acids is 1. The fourth-order valence-electron chi connectivity index (χ4n) is 1.25. The Morgan fingerprint density at radius 2 is 1.85 bits per heavy atom. The molecule has 0 radical (unpaired) electrons. The van der Waals surface area contributed by atoms with Crippen molar-refractivity contribution in [1.82, 2.24) is 0 Å². The molecule has 5 heteroatoms.